The van der Waals surface area contributed by atoms with Crippen LogP contribution in [0.3, 0.4) is 0 Å². The monoisotopic (exact) mass is 427 g/mol. The zero-order valence-corrected chi connectivity index (χ0v) is 18.3. The van der Waals surface area contributed by atoms with Crippen LogP contribution in [0.15, 0.2) is 91.0 Å². The summed E-state index contributed by atoms with van der Waals surface area (Å²) in [4.78, 5) is 13.3. The van der Waals surface area contributed by atoms with Crippen molar-refractivity contribution in [3.8, 4) is 0 Å². The number of carbonyl (C=O) groups excluding carboxylic acids is 1. The Kier molecular flexibility index (Phi) is 6.50. The molecule has 162 valence electrons. The maximum atomic E-state index is 14.1. The van der Waals surface area contributed by atoms with Crippen molar-refractivity contribution in [3.05, 3.63) is 130 Å². The minimum absolute atomic E-state index is 0.175. The molecule has 1 heterocycles. The normalized spacial score (nSPS) is 11.8. The van der Waals surface area contributed by atoms with Crippen molar-refractivity contribution in [2.45, 2.75) is 32.9 Å². The Morgan fingerprint density at radius 3 is 2.19 bits per heavy atom. The topological polar surface area (TPSA) is 31.2 Å². The van der Waals surface area contributed by atoms with Gasteiger partial charge >= 0.3 is 5.97 Å². The molecule has 0 saturated carbocycles. The van der Waals surface area contributed by atoms with E-state index in [4.69, 9.17) is 4.74 Å². The van der Waals surface area contributed by atoms with Crippen LogP contribution in [0.1, 0.15) is 39.6 Å². The van der Waals surface area contributed by atoms with E-state index >= 15 is 0 Å². The molecule has 0 N–H and O–H groups in total. The summed E-state index contributed by atoms with van der Waals surface area (Å²) >= 11 is 0. The number of esters is 1. The summed E-state index contributed by atoms with van der Waals surface area (Å²) in [7, 11) is 0. The van der Waals surface area contributed by atoms with E-state index in [9.17, 15) is 9.18 Å². The Hall–Kier alpha value is -3.66. The van der Waals surface area contributed by atoms with Crippen LogP contribution < -0.4 is 0 Å². The maximum Gasteiger partial charge on any atom is 0.318 e. The Balaban J connectivity index is 1.68. The van der Waals surface area contributed by atoms with Crippen LogP contribution in [0, 0.1) is 19.7 Å². The lowest BCUT2D eigenvalue weighted by molar-refractivity contribution is -0.145. The Labute approximate surface area is 188 Å². The van der Waals surface area contributed by atoms with E-state index < -0.39 is 5.92 Å². The van der Waals surface area contributed by atoms with Gasteiger partial charge in [-0.1, -0.05) is 72.8 Å². The SMILES string of the molecule is Cc1cc([C@H](C(=O)OCc2ccccc2)c2cccc(F)c2)c(C)n1Cc1ccccc1. The molecule has 0 radical (unpaired) electrons. The van der Waals surface area contributed by atoms with Crippen LogP contribution in [0.5, 0.6) is 0 Å². The van der Waals surface area contributed by atoms with Crippen LogP contribution in [0.2, 0.25) is 0 Å². The molecule has 0 fully saturated rings. The van der Waals surface area contributed by atoms with Crippen LogP contribution in [0.4, 0.5) is 4.39 Å². The number of carbonyl (C=O) groups is 1. The van der Waals surface area contributed by atoms with Crippen LogP contribution in [-0.2, 0) is 22.7 Å². The van der Waals surface area contributed by atoms with E-state index in [2.05, 4.69) is 16.7 Å². The first kappa shape index (κ1) is 21.6. The minimum atomic E-state index is -0.704. The lowest BCUT2D eigenvalue weighted by Crippen LogP contribution is -2.18. The third-order valence-corrected chi connectivity index (χ3v) is 5.75. The van der Waals surface area contributed by atoms with E-state index in [1.165, 1.54) is 17.7 Å². The summed E-state index contributed by atoms with van der Waals surface area (Å²) < 4.78 is 21.9. The van der Waals surface area contributed by atoms with Crippen molar-refractivity contribution < 1.29 is 13.9 Å². The summed E-state index contributed by atoms with van der Waals surface area (Å²) in [6.07, 6.45) is 0. The molecule has 0 bridgehead atoms. The maximum absolute atomic E-state index is 14.1. The number of rotatable bonds is 7. The summed E-state index contributed by atoms with van der Waals surface area (Å²) in [6.45, 7) is 4.90. The number of hydrogen-bond donors (Lipinski definition) is 0. The molecule has 0 amide bonds. The van der Waals surface area contributed by atoms with Gasteiger partial charge in [-0.05, 0) is 54.3 Å². The number of benzene rings is 3. The Morgan fingerprint density at radius 2 is 1.53 bits per heavy atom. The first-order chi connectivity index (χ1) is 15.5. The number of aryl methyl sites for hydroxylation is 1. The van der Waals surface area contributed by atoms with E-state index in [0.29, 0.717) is 12.1 Å². The van der Waals surface area contributed by atoms with Crippen molar-refractivity contribution in [3.63, 3.8) is 0 Å². The summed E-state index contributed by atoms with van der Waals surface area (Å²) in [5.41, 5.74) is 5.52. The third kappa shape index (κ3) is 4.80. The van der Waals surface area contributed by atoms with Gasteiger partial charge < -0.3 is 9.30 Å². The highest BCUT2D eigenvalue weighted by molar-refractivity contribution is 5.82. The molecule has 0 saturated heterocycles. The fraction of sp³-hybridized carbons (Fsp3) is 0.179. The molecule has 0 aliphatic rings. The molecule has 4 rings (SSSR count). The average Bonchev–Trinajstić information content (AvgIpc) is 3.07. The van der Waals surface area contributed by atoms with E-state index in [-0.39, 0.29) is 18.4 Å². The lowest BCUT2D eigenvalue weighted by atomic mass is 9.91. The van der Waals surface area contributed by atoms with Crippen molar-refractivity contribution in [1.82, 2.24) is 4.57 Å². The first-order valence-corrected chi connectivity index (χ1v) is 10.7. The van der Waals surface area contributed by atoms with Gasteiger partial charge in [-0.2, -0.15) is 0 Å². The molecular weight excluding hydrogens is 401 g/mol. The van der Waals surface area contributed by atoms with Gasteiger partial charge in [0.05, 0.1) is 0 Å². The largest absolute Gasteiger partial charge is 0.460 e. The smallest absolute Gasteiger partial charge is 0.318 e. The van der Waals surface area contributed by atoms with Gasteiger partial charge in [-0.15, -0.1) is 0 Å². The van der Waals surface area contributed by atoms with Crippen LogP contribution in [-0.4, -0.2) is 10.5 Å². The highest BCUT2D eigenvalue weighted by Crippen LogP contribution is 2.32. The second-order valence-corrected chi connectivity index (χ2v) is 7.98. The van der Waals surface area contributed by atoms with Gasteiger partial charge in [-0.3, -0.25) is 4.79 Å². The lowest BCUT2D eigenvalue weighted by Gasteiger charge is -2.18. The first-order valence-electron chi connectivity index (χ1n) is 10.7. The molecule has 32 heavy (non-hydrogen) atoms. The van der Waals surface area contributed by atoms with Gasteiger partial charge in [0.2, 0.25) is 0 Å². The van der Waals surface area contributed by atoms with Gasteiger partial charge in [-0.25, -0.2) is 4.39 Å². The molecule has 1 aromatic heterocycles. The molecule has 0 aliphatic heterocycles. The molecular formula is C28H26FNO2. The number of nitrogens with zero attached hydrogens (tertiary/aromatic N) is 1. The van der Waals surface area contributed by atoms with Gasteiger partial charge in [0.25, 0.3) is 0 Å². The van der Waals surface area contributed by atoms with E-state index in [0.717, 1.165) is 22.5 Å². The van der Waals surface area contributed by atoms with Crippen LogP contribution >= 0.6 is 0 Å². The highest BCUT2D eigenvalue weighted by atomic mass is 19.1. The predicted molar refractivity (Wildman–Crippen MR) is 124 cm³/mol. The second kappa shape index (κ2) is 9.65. The van der Waals surface area contributed by atoms with Crippen molar-refractivity contribution in [2.24, 2.45) is 0 Å². The third-order valence-electron chi connectivity index (χ3n) is 5.75. The molecule has 4 heteroatoms. The van der Waals surface area contributed by atoms with Crippen molar-refractivity contribution in [1.29, 1.82) is 0 Å². The molecule has 1 atom stereocenters. The fourth-order valence-electron chi connectivity index (χ4n) is 4.07. The summed E-state index contributed by atoms with van der Waals surface area (Å²) in [6, 6.07) is 28.0. The predicted octanol–water partition coefficient (Wildman–Crippen LogP) is 6.17. The van der Waals surface area contributed by atoms with Gasteiger partial charge in [0.1, 0.15) is 18.3 Å². The zero-order chi connectivity index (χ0) is 22.5. The number of aromatic nitrogens is 1. The van der Waals surface area contributed by atoms with Gasteiger partial charge in [0, 0.05) is 17.9 Å². The Bertz CT molecular complexity index is 1200. The number of hydrogen-bond acceptors (Lipinski definition) is 2. The molecule has 0 spiro atoms. The summed E-state index contributed by atoms with van der Waals surface area (Å²) in [5.74, 6) is -1.47. The van der Waals surface area contributed by atoms with Gasteiger partial charge in [0.15, 0.2) is 0 Å². The second-order valence-electron chi connectivity index (χ2n) is 7.98. The summed E-state index contributed by atoms with van der Waals surface area (Å²) in [5, 5.41) is 0. The van der Waals surface area contributed by atoms with E-state index in [1.807, 2.05) is 68.4 Å². The quantitative estimate of drug-likeness (QED) is 0.330. The van der Waals surface area contributed by atoms with E-state index in [1.54, 1.807) is 12.1 Å². The molecule has 0 aliphatic carbocycles. The standard InChI is InChI=1S/C28H26FNO2/c1-20-16-26(21(2)30(20)18-22-10-5-3-6-11-22)27(24-14-9-15-25(29)17-24)28(31)32-19-23-12-7-4-8-13-23/h3-17,27H,18-19H2,1-2H3/t27-/m1/s1. The minimum Gasteiger partial charge on any atom is -0.460 e. The molecule has 3 aromatic carbocycles. The zero-order valence-electron chi connectivity index (χ0n) is 18.3. The molecule has 4 aromatic rings. The molecule has 3 nitrogen and oxygen atoms in total. The van der Waals surface area contributed by atoms with Crippen molar-refractivity contribution in [2.75, 3.05) is 0 Å². The average molecular weight is 428 g/mol. The van der Waals surface area contributed by atoms with Crippen molar-refractivity contribution >= 4 is 5.97 Å². The van der Waals surface area contributed by atoms with Crippen LogP contribution in [0.25, 0.3) is 0 Å². The highest BCUT2D eigenvalue weighted by Gasteiger charge is 2.29. The Morgan fingerprint density at radius 1 is 0.875 bits per heavy atom. The number of halogens is 1. The fourth-order valence-corrected chi connectivity index (χ4v) is 4.07. The number of ether oxygens (including phenoxy) is 1. The molecule has 0 unspecified atom stereocenters.